The van der Waals surface area contributed by atoms with Gasteiger partial charge in [-0.05, 0) is 176 Å². The molecule has 3 saturated carbocycles. The molecule has 0 radical (unpaired) electrons. The molecular weight excluding hydrogens is 1330 g/mol. The minimum Gasteiger partial charge on any atom is -0.481 e. The number of hydrogen-bond acceptors (Lipinski definition) is 19. The van der Waals surface area contributed by atoms with Gasteiger partial charge >= 0.3 is 5.97 Å². The number of carboxylic acids is 1. The van der Waals surface area contributed by atoms with Gasteiger partial charge in [0.05, 0.1) is 19.1 Å². The molecule has 31 heteroatoms. The highest BCUT2D eigenvalue weighted by molar-refractivity contribution is 7.98. The molecule has 9 rings (SSSR count). The topological polar surface area (TPSA) is 419 Å². The van der Waals surface area contributed by atoms with Crippen molar-refractivity contribution < 1.29 is 67.3 Å². The molecule has 3 aliphatic carbocycles. The number of aliphatic hydroxyl groups excluding tert-OH is 1. The van der Waals surface area contributed by atoms with E-state index in [0.717, 1.165) is 36.8 Å². The number of nitrogens with zero attached hydrogens (tertiary/aromatic N) is 2. The quantitative estimate of drug-likeness (QED) is 0.0996. The summed E-state index contributed by atoms with van der Waals surface area (Å²) in [5.74, 6) is -7.83. The van der Waals surface area contributed by atoms with E-state index in [9.17, 15) is 43.8 Å². The third-order valence-electron chi connectivity index (χ3n) is 21.8. The van der Waals surface area contributed by atoms with Crippen LogP contribution in [0.3, 0.4) is 0 Å². The van der Waals surface area contributed by atoms with Crippen molar-refractivity contribution in [2.24, 2.45) is 41.1 Å². The Balaban J connectivity index is 1.03. The number of unbranched alkanes of at least 4 members (excludes halogenated alkanes) is 1. The van der Waals surface area contributed by atoms with Crippen molar-refractivity contribution in [3.63, 3.8) is 0 Å². The number of halogens is 1. The first-order valence-corrected chi connectivity index (χ1v) is 38.7. The summed E-state index contributed by atoms with van der Waals surface area (Å²) in [5.41, 5.74) is 13.6. The van der Waals surface area contributed by atoms with Crippen molar-refractivity contribution in [1.82, 2.24) is 68.3 Å². The maximum absolute atomic E-state index is 15.6. The number of benzene rings is 1. The minimum atomic E-state index is -1.83. The number of likely N-dealkylation sites (N-methyl/N-ethyl adjacent to an activating group) is 1. The highest BCUT2D eigenvalue weighted by atomic mass is 32.2. The Hall–Kier alpha value is -6.22. The number of nitrogens with one attached hydrogen (secondary N) is 11. The van der Waals surface area contributed by atoms with Crippen LogP contribution in [-0.4, -0.2) is 228 Å². The smallest absolute Gasteiger partial charge is 0.305 e. The number of aliphatic hydroxyl groups is 1. The number of carbonyl (C=O) groups excluding carboxylic acids is 10. The van der Waals surface area contributed by atoms with Crippen LogP contribution in [-0.2, 0) is 64.2 Å². The number of hydrogen-bond donors (Lipinski definition) is 15. The summed E-state index contributed by atoms with van der Waals surface area (Å²) < 4.78 is 15.2. The molecular formula is C69H108FN15O13S2. The number of carbonyl (C=O) groups is 11. The fourth-order valence-corrected chi connectivity index (χ4v) is 18.2. The normalized spacial score (nSPS) is 34.2. The van der Waals surface area contributed by atoms with Gasteiger partial charge in [-0.2, -0.15) is 23.5 Å². The lowest BCUT2D eigenvalue weighted by Gasteiger charge is -2.36. The first-order chi connectivity index (χ1) is 48.1. The van der Waals surface area contributed by atoms with Crippen molar-refractivity contribution in [2.75, 3.05) is 64.5 Å². The van der Waals surface area contributed by atoms with Gasteiger partial charge in [0.2, 0.25) is 59.1 Å². The second kappa shape index (κ2) is 38.3. The Kier molecular flexibility index (Phi) is 29.9. The Bertz CT molecular complexity index is 3000. The highest BCUT2D eigenvalue weighted by Crippen LogP contribution is 2.40. The van der Waals surface area contributed by atoms with E-state index >= 15 is 23.6 Å². The van der Waals surface area contributed by atoms with Crippen molar-refractivity contribution in [3.05, 3.63) is 35.4 Å². The van der Waals surface area contributed by atoms with E-state index in [-0.39, 0.29) is 111 Å². The zero-order chi connectivity index (χ0) is 71.4. The number of thioether (sulfide) groups is 2. The lowest BCUT2D eigenvalue weighted by molar-refractivity contribution is -0.145. The molecule has 10 amide bonds. The third-order valence-corrected chi connectivity index (χ3v) is 24.0. The fraction of sp³-hybridized carbons (Fsp3) is 0.754. The Labute approximate surface area is 593 Å². The number of amides is 10. The summed E-state index contributed by atoms with van der Waals surface area (Å²) >= 11 is 2.89. The molecule has 17 N–H and O–H groups in total. The van der Waals surface area contributed by atoms with Gasteiger partial charge in [0, 0.05) is 74.4 Å². The summed E-state index contributed by atoms with van der Waals surface area (Å²) in [7, 11) is 1.42. The number of aliphatic carboxylic acids is 1. The van der Waals surface area contributed by atoms with Gasteiger partial charge in [-0.25, -0.2) is 4.39 Å². The van der Waals surface area contributed by atoms with Crippen molar-refractivity contribution in [2.45, 2.75) is 231 Å². The molecule has 5 heterocycles. The van der Waals surface area contributed by atoms with Gasteiger partial charge < -0.3 is 90.0 Å². The van der Waals surface area contributed by atoms with E-state index in [1.807, 2.05) is 24.3 Å². The lowest BCUT2D eigenvalue weighted by atomic mass is 9.76. The Morgan fingerprint density at radius 1 is 0.650 bits per heavy atom. The van der Waals surface area contributed by atoms with Crippen LogP contribution in [0.15, 0.2) is 24.3 Å². The number of rotatable bonds is 15. The van der Waals surface area contributed by atoms with Crippen LogP contribution in [0, 0.1) is 29.6 Å². The van der Waals surface area contributed by atoms with Crippen LogP contribution in [0.25, 0.3) is 0 Å². The largest absolute Gasteiger partial charge is 0.481 e. The summed E-state index contributed by atoms with van der Waals surface area (Å²) in [5, 5.41) is 54.0. The molecule has 8 aliphatic rings. The maximum Gasteiger partial charge on any atom is 0.305 e. The van der Waals surface area contributed by atoms with Gasteiger partial charge in [-0.3, -0.25) is 52.7 Å². The Morgan fingerprint density at radius 2 is 1.33 bits per heavy atom. The molecule has 556 valence electrons. The molecule has 7 fully saturated rings. The van der Waals surface area contributed by atoms with E-state index in [2.05, 4.69) is 58.5 Å². The Morgan fingerprint density at radius 3 is 2.05 bits per heavy atom. The fourth-order valence-electron chi connectivity index (χ4n) is 16.3. The molecule has 0 spiro atoms. The number of alkyl halides is 1. The van der Waals surface area contributed by atoms with Gasteiger partial charge in [0.15, 0.2) is 0 Å². The molecule has 4 saturated heterocycles. The highest BCUT2D eigenvalue weighted by Gasteiger charge is 2.47. The second-order valence-electron chi connectivity index (χ2n) is 29.0. The number of carboxylic acid groups (broad SMARTS) is 1. The van der Waals surface area contributed by atoms with Crippen molar-refractivity contribution in [1.29, 1.82) is 0 Å². The zero-order valence-electron chi connectivity index (χ0n) is 57.7. The van der Waals surface area contributed by atoms with Gasteiger partial charge in [0.1, 0.15) is 54.5 Å². The average molecular weight is 1440 g/mol. The molecule has 2 bridgehead atoms. The van der Waals surface area contributed by atoms with Crippen LogP contribution in [0.5, 0.6) is 0 Å². The van der Waals surface area contributed by atoms with Crippen LogP contribution < -0.4 is 70.0 Å². The molecule has 28 nitrogen and oxygen atoms in total. The van der Waals surface area contributed by atoms with Gasteiger partial charge in [0.25, 0.3) is 0 Å². The molecule has 0 aromatic heterocycles. The van der Waals surface area contributed by atoms with Crippen molar-refractivity contribution >= 4 is 88.6 Å². The zero-order valence-corrected chi connectivity index (χ0v) is 59.3. The molecule has 1 aromatic rings. The summed E-state index contributed by atoms with van der Waals surface area (Å²) in [6, 6.07) is -2.94. The van der Waals surface area contributed by atoms with E-state index in [4.69, 9.17) is 11.5 Å². The molecule has 9 unspecified atom stereocenters. The molecule has 5 aliphatic heterocycles. The number of fused-ring (bicyclic) bond motifs is 5. The van der Waals surface area contributed by atoms with E-state index in [0.29, 0.717) is 108 Å². The molecule has 16 atom stereocenters. The van der Waals surface area contributed by atoms with Gasteiger partial charge in [-0.15, -0.1) is 0 Å². The van der Waals surface area contributed by atoms with E-state index < -0.39 is 139 Å². The second-order valence-corrected chi connectivity index (χ2v) is 31.1. The number of primary amides is 1. The van der Waals surface area contributed by atoms with Gasteiger partial charge in [-0.1, -0.05) is 37.1 Å². The standard InChI is InChI=1S/C69H108FN15O13S2/c1-84-58(27-43-32-74-49-11-3-2-10-47(43)49)67(96)81-53(30-61(89)90)65(94)80-52(29-45-33-73-38-77-45)64(93)82-54(25-39-14-17-46(86)18-15-39)69(98)85-22-7-13-57(85)66(95)83-56(62(72)91)37-100-36-41-9-6-8-40(24-41)35-99-23-20-59(87)78-51(12-4-5-21-71)63(92)76-34-60(88)79-55(68(84)97)26-42-31-75-50-19-16-44(70)28-48(42)50/h6,8-9,24,39,42-58,73-75,77,86H,2-5,7,10-23,25-38,71H2,1H3,(H2,72,91)(H,76,92)(H,78,87)(H,79,88)(H,80,94)(H,81,96)(H,82,93)(H,83,95)(H,89,90)/t39?,42?,43?,44?,45?,46?,47?,48?,49?,50?,51?,52-,53-,54-,55-,56-,57-,58-/m0/s1. The van der Waals surface area contributed by atoms with E-state index in [1.165, 1.54) is 40.4 Å². The van der Waals surface area contributed by atoms with Crippen LogP contribution in [0.2, 0.25) is 0 Å². The molecule has 100 heavy (non-hydrogen) atoms. The van der Waals surface area contributed by atoms with Crippen LogP contribution in [0.1, 0.15) is 152 Å². The van der Waals surface area contributed by atoms with Crippen LogP contribution in [0.4, 0.5) is 4.39 Å². The summed E-state index contributed by atoms with van der Waals surface area (Å²) in [6.45, 7) is 1.52. The minimum absolute atomic E-state index is 0.0223. The van der Waals surface area contributed by atoms with Crippen LogP contribution >= 0.6 is 23.5 Å². The predicted octanol–water partition coefficient (Wildman–Crippen LogP) is -0.377. The number of nitrogens with two attached hydrogens (primary N) is 2. The summed E-state index contributed by atoms with van der Waals surface area (Å²) in [6.07, 6.45) is 6.44. The SMILES string of the molecule is CN1C(=O)[C@H](CC2CNC3CCC(F)CC23)NC(=O)CNC(=O)C(CCCCN)NC(=O)CCSCc2cccc(c2)CSC[C@@H](C(N)=O)NC(=O)[C@@H]2CCCN2C(=O)[C@H](CC2CCC(O)CC2)NC(=O)[C@H](CC2CNCN2)NC(=O)[C@H](CC(=O)O)NC(=O)[C@@H]1CC1CNC2CCCCC12. The lowest BCUT2D eigenvalue weighted by Crippen LogP contribution is -2.61. The maximum atomic E-state index is 15.6. The molecule has 1 aromatic carbocycles. The third kappa shape index (κ3) is 22.4. The summed E-state index contributed by atoms with van der Waals surface area (Å²) in [4.78, 5) is 161. The predicted molar refractivity (Wildman–Crippen MR) is 375 cm³/mol. The monoisotopic (exact) mass is 1440 g/mol. The van der Waals surface area contributed by atoms with E-state index in [1.54, 1.807) is 0 Å². The average Bonchev–Trinajstić information content (AvgIpc) is 0.917. The van der Waals surface area contributed by atoms with Crippen molar-refractivity contribution in [3.8, 4) is 0 Å². The first kappa shape index (κ1) is 77.9. The first-order valence-electron chi connectivity index (χ1n) is 36.4.